The molecule has 0 heterocycles. The quantitative estimate of drug-likeness (QED) is 0.719. The molecule has 0 unspecified atom stereocenters. The average molecular weight is 236 g/mol. The lowest BCUT2D eigenvalue weighted by Gasteiger charge is -2.20. The summed E-state index contributed by atoms with van der Waals surface area (Å²) >= 11 is 0. The van der Waals surface area contributed by atoms with E-state index < -0.39 is 33.1 Å². The maximum absolute atomic E-state index is 11.6. The van der Waals surface area contributed by atoms with Gasteiger partial charge < -0.3 is 10.2 Å². The second kappa shape index (κ2) is 4.09. The SMILES string of the molecule is CCS(=O)(=O)[C@@H]1CC[C@@](CO)(C(=O)O)C1. The molecule has 1 rings (SSSR count). The maximum Gasteiger partial charge on any atom is 0.312 e. The summed E-state index contributed by atoms with van der Waals surface area (Å²) in [4.78, 5) is 11.0. The predicted molar refractivity (Wildman–Crippen MR) is 54.3 cm³/mol. The fourth-order valence-electron chi connectivity index (χ4n) is 2.02. The zero-order valence-corrected chi connectivity index (χ0v) is 9.46. The molecular weight excluding hydrogens is 220 g/mol. The molecule has 88 valence electrons. The summed E-state index contributed by atoms with van der Waals surface area (Å²) in [6.45, 7) is 1.06. The first kappa shape index (κ1) is 12.4. The van der Waals surface area contributed by atoms with Crippen LogP contribution in [-0.2, 0) is 14.6 Å². The number of aliphatic hydroxyl groups is 1. The molecule has 0 aromatic rings. The van der Waals surface area contributed by atoms with Crippen LogP contribution in [0.15, 0.2) is 0 Å². The van der Waals surface area contributed by atoms with E-state index in [9.17, 15) is 13.2 Å². The van der Waals surface area contributed by atoms with Gasteiger partial charge in [0.05, 0.1) is 17.3 Å². The van der Waals surface area contributed by atoms with Crippen molar-refractivity contribution in [2.24, 2.45) is 5.41 Å². The molecular formula is C9H16O5S. The van der Waals surface area contributed by atoms with Gasteiger partial charge in [0.15, 0.2) is 9.84 Å². The number of carbonyl (C=O) groups is 1. The van der Waals surface area contributed by atoms with Gasteiger partial charge in [-0.1, -0.05) is 6.92 Å². The molecule has 2 atom stereocenters. The highest BCUT2D eigenvalue weighted by atomic mass is 32.2. The highest BCUT2D eigenvalue weighted by Crippen LogP contribution is 2.41. The Balaban J connectivity index is 2.87. The molecule has 1 aliphatic rings. The highest BCUT2D eigenvalue weighted by Gasteiger charge is 2.48. The number of carboxylic acids is 1. The molecule has 1 saturated carbocycles. The molecule has 0 saturated heterocycles. The van der Waals surface area contributed by atoms with Crippen LogP contribution in [0.5, 0.6) is 0 Å². The molecule has 0 aromatic carbocycles. The lowest BCUT2D eigenvalue weighted by molar-refractivity contribution is -0.151. The Morgan fingerprint density at radius 3 is 2.47 bits per heavy atom. The van der Waals surface area contributed by atoms with Gasteiger partial charge in [-0.2, -0.15) is 0 Å². The third-order valence-corrected chi connectivity index (χ3v) is 5.45. The van der Waals surface area contributed by atoms with E-state index in [0.717, 1.165) is 0 Å². The maximum atomic E-state index is 11.6. The topological polar surface area (TPSA) is 91.7 Å². The first-order chi connectivity index (χ1) is 6.88. The number of carboxylic acid groups (broad SMARTS) is 1. The number of hydrogen-bond donors (Lipinski definition) is 2. The lowest BCUT2D eigenvalue weighted by atomic mass is 9.88. The molecule has 15 heavy (non-hydrogen) atoms. The van der Waals surface area contributed by atoms with E-state index >= 15 is 0 Å². The second-order valence-corrected chi connectivity index (χ2v) is 6.63. The van der Waals surface area contributed by atoms with Crippen LogP contribution in [0, 0.1) is 5.41 Å². The minimum Gasteiger partial charge on any atom is -0.481 e. The van der Waals surface area contributed by atoms with Gasteiger partial charge in [-0.05, 0) is 19.3 Å². The number of sulfone groups is 1. The van der Waals surface area contributed by atoms with E-state index in [1.807, 2.05) is 0 Å². The molecule has 0 aromatic heterocycles. The van der Waals surface area contributed by atoms with Crippen molar-refractivity contribution in [2.45, 2.75) is 31.4 Å². The van der Waals surface area contributed by atoms with Gasteiger partial charge in [0.25, 0.3) is 0 Å². The zero-order valence-electron chi connectivity index (χ0n) is 8.64. The zero-order chi connectivity index (χ0) is 11.7. The van der Waals surface area contributed by atoms with Gasteiger partial charge in [-0.25, -0.2) is 8.42 Å². The van der Waals surface area contributed by atoms with Gasteiger partial charge in [-0.3, -0.25) is 4.79 Å². The van der Waals surface area contributed by atoms with E-state index in [4.69, 9.17) is 10.2 Å². The third-order valence-electron chi connectivity index (χ3n) is 3.23. The van der Waals surface area contributed by atoms with E-state index in [-0.39, 0.29) is 18.6 Å². The van der Waals surface area contributed by atoms with E-state index in [2.05, 4.69) is 0 Å². The molecule has 0 spiro atoms. The molecule has 1 fully saturated rings. The largest absolute Gasteiger partial charge is 0.481 e. The summed E-state index contributed by atoms with van der Waals surface area (Å²) < 4.78 is 23.1. The normalized spacial score (nSPS) is 31.7. The molecule has 0 radical (unpaired) electrons. The monoisotopic (exact) mass is 236 g/mol. The number of aliphatic carboxylic acids is 1. The van der Waals surface area contributed by atoms with E-state index in [0.29, 0.717) is 6.42 Å². The Hall–Kier alpha value is -0.620. The van der Waals surface area contributed by atoms with Gasteiger partial charge >= 0.3 is 5.97 Å². The van der Waals surface area contributed by atoms with Crippen LogP contribution in [-0.4, -0.2) is 42.2 Å². The molecule has 2 N–H and O–H groups in total. The van der Waals surface area contributed by atoms with Crippen molar-refractivity contribution in [1.29, 1.82) is 0 Å². The van der Waals surface area contributed by atoms with Crippen molar-refractivity contribution in [3.8, 4) is 0 Å². The van der Waals surface area contributed by atoms with Gasteiger partial charge in [-0.15, -0.1) is 0 Å². The highest BCUT2D eigenvalue weighted by molar-refractivity contribution is 7.92. The minimum atomic E-state index is -3.19. The van der Waals surface area contributed by atoms with E-state index in [1.165, 1.54) is 0 Å². The minimum absolute atomic E-state index is 0.0266. The van der Waals surface area contributed by atoms with Gasteiger partial charge in [0.2, 0.25) is 0 Å². The third kappa shape index (κ3) is 2.15. The Labute approximate surface area is 89.0 Å². The van der Waals surface area contributed by atoms with Crippen molar-refractivity contribution in [3.63, 3.8) is 0 Å². The van der Waals surface area contributed by atoms with Gasteiger partial charge in [0.1, 0.15) is 0 Å². The van der Waals surface area contributed by atoms with E-state index in [1.54, 1.807) is 6.92 Å². The molecule has 5 nitrogen and oxygen atoms in total. The van der Waals surface area contributed by atoms with Crippen LogP contribution in [0.4, 0.5) is 0 Å². The summed E-state index contributed by atoms with van der Waals surface area (Å²) in [5.74, 6) is -1.07. The Bertz CT molecular complexity index is 348. The summed E-state index contributed by atoms with van der Waals surface area (Å²) in [6, 6.07) is 0. The second-order valence-electron chi connectivity index (χ2n) is 4.06. The first-order valence-corrected chi connectivity index (χ1v) is 6.65. The molecule has 0 aliphatic heterocycles. The Morgan fingerprint density at radius 2 is 2.13 bits per heavy atom. The first-order valence-electron chi connectivity index (χ1n) is 4.94. The van der Waals surface area contributed by atoms with Crippen molar-refractivity contribution >= 4 is 15.8 Å². The fourth-order valence-corrected chi connectivity index (χ4v) is 3.55. The smallest absolute Gasteiger partial charge is 0.312 e. The fraction of sp³-hybridized carbons (Fsp3) is 0.889. The molecule has 0 bridgehead atoms. The van der Waals surface area contributed by atoms with Crippen LogP contribution < -0.4 is 0 Å². The molecule has 1 aliphatic carbocycles. The summed E-state index contributed by atoms with van der Waals surface area (Å²) in [5.41, 5.74) is -1.24. The van der Waals surface area contributed by atoms with Crippen LogP contribution >= 0.6 is 0 Å². The summed E-state index contributed by atoms with van der Waals surface area (Å²) in [7, 11) is -3.19. The van der Waals surface area contributed by atoms with Crippen LogP contribution in [0.1, 0.15) is 26.2 Å². The standard InChI is InChI=1S/C9H16O5S/c1-2-15(13,14)7-3-4-9(5-7,6-10)8(11)12/h7,10H,2-6H2,1H3,(H,11,12)/t7-,9-/m1/s1. The van der Waals surface area contributed by atoms with Crippen molar-refractivity contribution in [3.05, 3.63) is 0 Å². The lowest BCUT2D eigenvalue weighted by Crippen LogP contribution is -2.33. The molecule has 0 amide bonds. The number of rotatable bonds is 4. The van der Waals surface area contributed by atoms with Crippen molar-refractivity contribution < 1.29 is 23.4 Å². The Morgan fingerprint density at radius 1 is 1.53 bits per heavy atom. The van der Waals surface area contributed by atoms with Crippen molar-refractivity contribution in [1.82, 2.24) is 0 Å². The predicted octanol–water partition coefficient (Wildman–Crippen LogP) is 0.0369. The Kier molecular flexibility index (Phi) is 3.40. The molecule has 6 heteroatoms. The summed E-state index contributed by atoms with van der Waals surface area (Å²) in [5, 5.41) is 17.4. The van der Waals surface area contributed by atoms with Crippen molar-refractivity contribution in [2.75, 3.05) is 12.4 Å². The number of aliphatic hydroxyl groups excluding tert-OH is 1. The van der Waals surface area contributed by atoms with Gasteiger partial charge in [0, 0.05) is 5.75 Å². The summed E-state index contributed by atoms with van der Waals surface area (Å²) in [6.07, 6.45) is 0.612. The van der Waals surface area contributed by atoms with Crippen LogP contribution in [0.2, 0.25) is 0 Å². The van der Waals surface area contributed by atoms with Crippen LogP contribution in [0.3, 0.4) is 0 Å². The van der Waals surface area contributed by atoms with Crippen LogP contribution in [0.25, 0.3) is 0 Å². The average Bonchev–Trinajstić information content (AvgIpc) is 2.63. The number of hydrogen-bond acceptors (Lipinski definition) is 4.